The lowest BCUT2D eigenvalue weighted by atomic mass is 10.4. The summed E-state index contributed by atoms with van der Waals surface area (Å²) in [5, 5.41) is 0. The van der Waals surface area contributed by atoms with Crippen molar-refractivity contribution in [3.8, 4) is 0 Å². The fraction of sp³-hybridized carbons (Fsp3) is 1.00. The predicted octanol–water partition coefficient (Wildman–Crippen LogP) is 0.923. The third-order valence-electron chi connectivity index (χ3n) is 1.44. The maximum atomic E-state index is 11.7. The maximum absolute atomic E-state index is 11.7. The molecule has 62 valence electrons. The Bertz CT molecular complexity index is 80.0. The van der Waals surface area contributed by atoms with Gasteiger partial charge in [0.15, 0.2) is 0 Å². The van der Waals surface area contributed by atoms with Crippen LogP contribution in [0.1, 0.15) is 6.92 Å². The van der Waals surface area contributed by atoms with Crippen LogP contribution in [0.15, 0.2) is 0 Å². The van der Waals surface area contributed by atoms with E-state index in [2.05, 4.69) is 0 Å². The van der Waals surface area contributed by atoms with Crippen LogP contribution in [0.5, 0.6) is 0 Å². The van der Waals surface area contributed by atoms with Gasteiger partial charge in [0.25, 0.3) is 0 Å². The molecule has 0 radical (unpaired) electrons. The summed E-state index contributed by atoms with van der Waals surface area (Å²) in [5.41, 5.74) is 0. The second kappa shape index (κ2) is 5.62. The molecule has 10 heavy (non-hydrogen) atoms. The number of hydrogen-bond acceptors (Lipinski definition) is 2. The molecule has 0 rings (SSSR count). The third-order valence-corrected chi connectivity index (χ3v) is 1.44. The predicted molar refractivity (Wildman–Crippen MR) is 39.9 cm³/mol. The number of methoxy groups -OCH3 is 1. The van der Waals surface area contributed by atoms with E-state index in [0.717, 1.165) is 6.54 Å². The SMILES string of the molecule is COC(C)CN(C)CCF. The average molecular weight is 149 g/mol. The summed E-state index contributed by atoms with van der Waals surface area (Å²) in [6.07, 6.45) is 0.191. The largest absolute Gasteiger partial charge is 0.380 e. The zero-order valence-electron chi connectivity index (χ0n) is 6.93. The average Bonchev–Trinajstić information content (AvgIpc) is 1.88. The Hall–Kier alpha value is -0.150. The van der Waals surface area contributed by atoms with Crippen LogP contribution in [-0.2, 0) is 4.74 Å². The summed E-state index contributed by atoms with van der Waals surface area (Å²) in [6.45, 7) is 2.97. The molecule has 2 nitrogen and oxygen atoms in total. The molecule has 3 heteroatoms. The Labute approximate surface area is 62.0 Å². The van der Waals surface area contributed by atoms with Gasteiger partial charge in [0.2, 0.25) is 0 Å². The molecule has 0 N–H and O–H groups in total. The lowest BCUT2D eigenvalue weighted by Gasteiger charge is -2.18. The van der Waals surface area contributed by atoms with Gasteiger partial charge in [0.1, 0.15) is 6.67 Å². The molecule has 0 aliphatic rings. The van der Waals surface area contributed by atoms with E-state index in [1.54, 1.807) is 7.11 Å². The Morgan fingerprint density at radius 3 is 2.60 bits per heavy atom. The minimum atomic E-state index is -0.285. The van der Waals surface area contributed by atoms with Crippen LogP contribution in [0.4, 0.5) is 4.39 Å². The number of halogens is 1. The van der Waals surface area contributed by atoms with Gasteiger partial charge in [-0.2, -0.15) is 0 Å². The molecule has 0 aliphatic heterocycles. The molecule has 0 saturated carbocycles. The molecule has 0 aromatic heterocycles. The van der Waals surface area contributed by atoms with Crippen LogP contribution in [0.3, 0.4) is 0 Å². The molecule has 1 atom stereocenters. The highest BCUT2D eigenvalue weighted by Crippen LogP contribution is 1.91. The van der Waals surface area contributed by atoms with E-state index in [9.17, 15) is 4.39 Å². The van der Waals surface area contributed by atoms with Crippen molar-refractivity contribution in [1.29, 1.82) is 0 Å². The van der Waals surface area contributed by atoms with Crippen molar-refractivity contribution in [2.24, 2.45) is 0 Å². The molecule has 0 spiro atoms. The molecule has 0 heterocycles. The van der Waals surface area contributed by atoms with Crippen LogP contribution in [-0.4, -0.2) is 44.9 Å². The van der Waals surface area contributed by atoms with E-state index in [1.165, 1.54) is 0 Å². The standard InChI is InChI=1S/C7H16FNO/c1-7(10-3)6-9(2)5-4-8/h7H,4-6H2,1-3H3. The lowest BCUT2D eigenvalue weighted by Crippen LogP contribution is -2.30. The van der Waals surface area contributed by atoms with Crippen molar-refractivity contribution in [2.45, 2.75) is 13.0 Å². The van der Waals surface area contributed by atoms with E-state index in [-0.39, 0.29) is 12.8 Å². The summed E-state index contributed by atoms with van der Waals surface area (Å²) < 4.78 is 16.7. The van der Waals surface area contributed by atoms with Gasteiger partial charge in [0, 0.05) is 20.2 Å². The highest BCUT2D eigenvalue weighted by Gasteiger charge is 2.03. The van der Waals surface area contributed by atoms with Crippen LogP contribution in [0.25, 0.3) is 0 Å². The molecule has 0 fully saturated rings. The fourth-order valence-electron chi connectivity index (χ4n) is 0.749. The molecule has 1 unspecified atom stereocenters. The number of nitrogens with zero attached hydrogens (tertiary/aromatic N) is 1. The Balaban J connectivity index is 3.27. The number of likely N-dealkylation sites (N-methyl/N-ethyl adjacent to an activating group) is 1. The summed E-state index contributed by atoms with van der Waals surface area (Å²) >= 11 is 0. The van der Waals surface area contributed by atoms with Gasteiger partial charge in [-0.05, 0) is 14.0 Å². The molecule has 0 aromatic rings. The molecular formula is C7H16FNO. The molecular weight excluding hydrogens is 133 g/mol. The second-order valence-corrected chi connectivity index (χ2v) is 2.50. The van der Waals surface area contributed by atoms with Crippen molar-refractivity contribution in [3.63, 3.8) is 0 Å². The fourth-order valence-corrected chi connectivity index (χ4v) is 0.749. The number of ether oxygens (including phenoxy) is 1. The molecule has 0 aromatic carbocycles. The minimum absolute atomic E-state index is 0.191. The second-order valence-electron chi connectivity index (χ2n) is 2.50. The zero-order chi connectivity index (χ0) is 7.98. The van der Waals surface area contributed by atoms with Gasteiger partial charge >= 0.3 is 0 Å². The van der Waals surface area contributed by atoms with E-state index in [1.807, 2.05) is 18.9 Å². The monoisotopic (exact) mass is 149 g/mol. The van der Waals surface area contributed by atoms with Gasteiger partial charge in [-0.3, -0.25) is 0 Å². The highest BCUT2D eigenvalue weighted by atomic mass is 19.1. The first kappa shape index (κ1) is 9.85. The highest BCUT2D eigenvalue weighted by molar-refractivity contribution is 4.56. The molecule has 0 amide bonds. The maximum Gasteiger partial charge on any atom is 0.102 e. The van der Waals surface area contributed by atoms with E-state index < -0.39 is 0 Å². The first-order valence-electron chi connectivity index (χ1n) is 3.48. The zero-order valence-corrected chi connectivity index (χ0v) is 6.93. The molecule has 0 saturated heterocycles. The van der Waals surface area contributed by atoms with Gasteiger partial charge in [-0.25, -0.2) is 4.39 Å². The number of rotatable bonds is 5. The van der Waals surface area contributed by atoms with Gasteiger partial charge in [0.05, 0.1) is 6.10 Å². The van der Waals surface area contributed by atoms with Gasteiger partial charge in [-0.15, -0.1) is 0 Å². The van der Waals surface area contributed by atoms with Crippen LogP contribution in [0, 0.1) is 0 Å². The van der Waals surface area contributed by atoms with Crippen molar-refractivity contribution < 1.29 is 9.13 Å². The third kappa shape index (κ3) is 4.70. The quantitative estimate of drug-likeness (QED) is 0.576. The van der Waals surface area contributed by atoms with Crippen molar-refractivity contribution in [3.05, 3.63) is 0 Å². The Morgan fingerprint density at radius 2 is 2.20 bits per heavy atom. The van der Waals surface area contributed by atoms with Crippen LogP contribution in [0.2, 0.25) is 0 Å². The molecule has 0 bridgehead atoms. The first-order valence-corrected chi connectivity index (χ1v) is 3.48. The van der Waals surface area contributed by atoms with Crippen molar-refractivity contribution in [1.82, 2.24) is 4.90 Å². The van der Waals surface area contributed by atoms with E-state index in [0.29, 0.717) is 6.54 Å². The topological polar surface area (TPSA) is 12.5 Å². The van der Waals surface area contributed by atoms with Crippen LogP contribution < -0.4 is 0 Å². The van der Waals surface area contributed by atoms with Crippen molar-refractivity contribution >= 4 is 0 Å². The van der Waals surface area contributed by atoms with Gasteiger partial charge < -0.3 is 9.64 Å². The van der Waals surface area contributed by atoms with Crippen LogP contribution >= 0.6 is 0 Å². The summed E-state index contributed by atoms with van der Waals surface area (Å²) in [6, 6.07) is 0. The van der Waals surface area contributed by atoms with E-state index in [4.69, 9.17) is 4.74 Å². The number of hydrogen-bond donors (Lipinski definition) is 0. The summed E-state index contributed by atoms with van der Waals surface area (Å²) in [4.78, 5) is 1.91. The van der Waals surface area contributed by atoms with E-state index >= 15 is 0 Å². The van der Waals surface area contributed by atoms with Crippen molar-refractivity contribution in [2.75, 3.05) is 33.9 Å². The summed E-state index contributed by atoms with van der Waals surface area (Å²) in [7, 11) is 3.54. The smallest absolute Gasteiger partial charge is 0.102 e. The first-order chi connectivity index (χ1) is 4.70. The van der Waals surface area contributed by atoms with Gasteiger partial charge in [-0.1, -0.05) is 0 Å². The number of alkyl halides is 1. The normalized spacial score (nSPS) is 14.1. The Morgan fingerprint density at radius 1 is 1.60 bits per heavy atom. The molecule has 0 aliphatic carbocycles. The minimum Gasteiger partial charge on any atom is -0.380 e. The lowest BCUT2D eigenvalue weighted by molar-refractivity contribution is 0.0839. The Kier molecular flexibility index (Phi) is 5.54. The summed E-state index contributed by atoms with van der Waals surface area (Å²) in [5.74, 6) is 0.